The first-order valence-electron chi connectivity index (χ1n) is 6.99. The highest BCUT2D eigenvalue weighted by Gasteiger charge is 2.35. The molecule has 0 bridgehead atoms. The molecule has 1 saturated carbocycles. The number of hydrogen-bond acceptors (Lipinski definition) is 4. The topological polar surface area (TPSA) is 72.6 Å². The second-order valence-corrected chi connectivity index (χ2v) is 5.50. The van der Waals surface area contributed by atoms with Crippen molar-refractivity contribution in [1.82, 2.24) is 4.90 Å². The van der Waals surface area contributed by atoms with Crippen LogP contribution in [0.1, 0.15) is 45.4 Å². The van der Waals surface area contributed by atoms with Crippen molar-refractivity contribution in [2.24, 2.45) is 11.7 Å². The molecule has 0 aromatic carbocycles. The molecule has 0 aromatic heterocycles. The lowest BCUT2D eigenvalue weighted by atomic mass is 9.85. The summed E-state index contributed by atoms with van der Waals surface area (Å²) >= 11 is 0. The molecule has 1 aliphatic heterocycles. The Morgan fingerprint density at radius 2 is 2.21 bits per heavy atom. The minimum absolute atomic E-state index is 0.321. The minimum Gasteiger partial charge on any atom is -0.464 e. The van der Waals surface area contributed by atoms with E-state index in [9.17, 15) is 9.59 Å². The van der Waals surface area contributed by atoms with Gasteiger partial charge in [-0.25, -0.2) is 0 Å². The first-order valence-corrected chi connectivity index (χ1v) is 6.99. The molecule has 5 heteroatoms. The van der Waals surface area contributed by atoms with E-state index in [1.807, 2.05) is 0 Å². The quantitative estimate of drug-likeness (QED) is 0.766. The van der Waals surface area contributed by atoms with Crippen LogP contribution in [0.15, 0.2) is 12.0 Å². The van der Waals surface area contributed by atoms with Gasteiger partial charge in [-0.2, -0.15) is 0 Å². The minimum atomic E-state index is -0.834. The molecule has 1 fully saturated rings. The summed E-state index contributed by atoms with van der Waals surface area (Å²) < 4.78 is 5.36. The Morgan fingerprint density at radius 1 is 1.53 bits per heavy atom. The smallest absolute Gasteiger partial charge is 0.280 e. The van der Waals surface area contributed by atoms with Crippen molar-refractivity contribution in [2.45, 2.75) is 57.7 Å². The average molecular weight is 266 g/mol. The largest absolute Gasteiger partial charge is 0.464 e. The number of rotatable bonds is 5. The van der Waals surface area contributed by atoms with Gasteiger partial charge in [-0.15, -0.1) is 0 Å². The zero-order valence-electron chi connectivity index (χ0n) is 11.4. The van der Waals surface area contributed by atoms with Gasteiger partial charge in [-0.3, -0.25) is 4.79 Å². The maximum Gasteiger partial charge on any atom is 0.280 e. The summed E-state index contributed by atoms with van der Waals surface area (Å²) in [6, 6.07) is -0.321. The molecule has 0 radical (unpaired) electrons. The van der Waals surface area contributed by atoms with Crippen molar-refractivity contribution in [2.75, 3.05) is 0 Å². The number of hydrogen-bond donors (Lipinski definition) is 1. The second-order valence-electron chi connectivity index (χ2n) is 5.50. The van der Waals surface area contributed by atoms with Crippen LogP contribution in [0.25, 0.3) is 0 Å². The van der Waals surface area contributed by atoms with Crippen LogP contribution < -0.4 is 5.73 Å². The Bertz CT molecular complexity index is 375. The summed E-state index contributed by atoms with van der Waals surface area (Å²) in [5, 5.41) is 0. The molecule has 2 aliphatic rings. The van der Waals surface area contributed by atoms with E-state index < -0.39 is 12.1 Å². The summed E-state index contributed by atoms with van der Waals surface area (Å²) in [5.74, 6) is 0.634. The molecule has 1 amide bonds. The molecule has 2 atom stereocenters. The number of carbonyl (C=O) groups is 2. The number of carbonyl (C=O) groups excluding carboxylic acids is 2. The highest BCUT2D eigenvalue weighted by molar-refractivity contribution is 5.79. The van der Waals surface area contributed by atoms with E-state index in [2.05, 4.69) is 0 Å². The highest BCUT2D eigenvalue weighted by atomic mass is 16.5. The van der Waals surface area contributed by atoms with Crippen molar-refractivity contribution in [3.8, 4) is 0 Å². The van der Waals surface area contributed by atoms with Gasteiger partial charge >= 0.3 is 0 Å². The molecule has 5 nitrogen and oxygen atoms in total. The van der Waals surface area contributed by atoms with Crippen molar-refractivity contribution in [3.63, 3.8) is 0 Å². The monoisotopic (exact) mass is 266 g/mol. The highest BCUT2D eigenvalue weighted by Crippen LogP contribution is 2.30. The Morgan fingerprint density at radius 3 is 2.79 bits per heavy atom. The standard InChI is InChI=1S/C14H22N2O3/c1-10-8-16(14(19-10)13(15)18)12(9-17)7-11-5-3-2-4-6-11/h8-9,11-12,14H,2-7H2,1H3,(H2,15,18). The van der Waals surface area contributed by atoms with E-state index in [1.165, 1.54) is 32.1 Å². The number of ether oxygens (including phenoxy) is 1. The SMILES string of the molecule is CC1=CN(C(C=O)CC2CCCCC2)C(C(N)=O)O1. The number of allylic oxidation sites excluding steroid dienone is 1. The summed E-state index contributed by atoms with van der Waals surface area (Å²) in [4.78, 5) is 24.4. The van der Waals surface area contributed by atoms with Crippen LogP contribution in [0.5, 0.6) is 0 Å². The zero-order valence-corrected chi connectivity index (χ0v) is 11.4. The first-order chi connectivity index (χ1) is 9.11. The lowest BCUT2D eigenvalue weighted by Crippen LogP contribution is -2.46. The summed E-state index contributed by atoms with van der Waals surface area (Å²) in [6.45, 7) is 1.76. The molecule has 2 unspecified atom stereocenters. The molecular weight excluding hydrogens is 244 g/mol. The summed E-state index contributed by atoms with van der Waals surface area (Å²) in [7, 11) is 0. The Labute approximate surface area is 113 Å². The van der Waals surface area contributed by atoms with Crippen molar-refractivity contribution < 1.29 is 14.3 Å². The van der Waals surface area contributed by atoms with Crippen molar-refractivity contribution in [1.29, 1.82) is 0 Å². The van der Waals surface area contributed by atoms with Crippen LogP contribution >= 0.6 is 0 Å². The van der Waals surface area contributed by atoms with Gasteiger partial charge in [0.25, 0.3) is 12.1 Å². The molecule has 0 spiro atoms. The number of nitrogens with zero attached hydrogens (tertiary/aromatic N) is 1. The maximum atomic E-state index is 11.4. The van der Waals surface area contributed by atoms with Gasteiger partial charge in [0.15, 0.2) is 0 Å². The molecular formula is C14H22N2O3. The fourth-order valence-electron chi connectivity index (χ4n) is 3.03. The van der Waals surface area contributed by atoms with E-state index in [4.69, 9.17) is 10.5 Å². The predicted octanol–water partition coefficient (Wildman–Crippen LogP) is 1.53. The Hall–Kier alpha value is -1.52. The predicted molar refractivity (Wildman–Crippen MR) is 70.7 cm³/mol. The number of nitrogens with two attached hydrogens (primary N) is 1. The third-order valence-corrected chi connectivity index (χ3v) is 3.98. The number of amides is 1. The molecule has 0 aromatic rings. The van der Waals surface area contributed by atoms with Gasteiger partial charge in [0.2, 0.25) is 0 Å². The van der Waals surface area contributed by atoms with Crippen LogP contribution in [-0.4, -0.2) is 29.4 Å². The van der Waals surface area contributed by atoms with Crippen molar-refractivity contribution >= 4 is 12.2 Å². The number of primary amides is 1. The van der Waals surface area contributed by atoms with E-state index in [-0.39, 0.29) is 6.04 Å². The average Bonchev–Trinajstić information content (AvgIpc) is 2.79. The van der Waals surface area contributed by atoms with Crippen LogP contribution in [0, 0.1) is 5.92 Å². The third-order valence-electron chi connectivity index (χ3n) is 3.98. The molecule has 2 N–H and O–H groups in total. The lowest BCUT2D eigenvalue weighted by Gasteiger charge is -2.31. The fraction of sp³-hybridized carbons (Fsp3) is 0.714. The molecule has 2 rings (SSSR count). The van der Waals surface area contributed by atoms with Crippen molar-refractivity contribution in [3.05, 3.63) is 12.0 Å². The lowest BCUT2D eigenvalue weighted by molar-refractivity contribution is -0.135. The molecule has 19 heavy (non-hydrogen) atoms. The second kappa shape index (κ2) is 6.08. The van der Waals surface area contributed by atoms with E-state index in [0.717, 1.165) is 12.7 Å². The van der Waals surface area contributed by atoms with Gasteiger partial charge in [0.1, 0.15) is 12.0 Å². The Kier molecular flexibility index (Phi) is 4.45. The van der Waals surface area contributed by atoms with E-state index >= 15 is 0 Å². The normalized spacial score (nSPS) is 25.6. The summed E-state index contributed by atoms with van der Waals surface area (Å²) in [6.07, 6.45) is 8.67. The van der Waals surface area contributed by atoms with Crippen LogP contribution in [0.3, 0.4) is 0 Å². The molecule has 0 saturated heterocycles. The van der Waals surface area contributed by atoms with Gasteiger partial charge in [0, 0.05) is 6.20 Å². The number of aldehydes is 1. The van der Waals surface area contributed by atoms with Gasteiger partial charge in [-0.05, 0) is 19.3 Å². The van der Waals surface area contributed by atoms with Gasteiger partial charge < -0.3 is 20.2 Å². The fourth-order valence-corrected chi connectivity index (χ4v) is 3.03. The molecule has 106 valence electrons. The van der Waals surface area contributed by atoms with Gasteiger partial charge in [0.05, 0.1) is 6.04 Å². The van der Waals surface area contributed by atoms with Crippen LogP contribution in [0.4, 0.5) is 0 Å². The Balaban J connectivity index is 2.02. The maximum absolute atomic E-state index is 11.4. The van der Waals surface area contributed by atoms with Crippen LogP contribution in [-0.2, 0) is 14.3 Å². The molecule has 1 aliphatic carbocycles. The molecule has 1 heterocycles. The van der Waals surface area contributed by atoms with E-state index in [1.54, 1.807) is 18.0 Å². The first kappa shape index (κ1) is 13.9. The van der Waals surface area contributed by atoms with Gasteiger partial charge in [-0.1, -0.05) is 32.1 Å². The third kappa shape index (κ3) is 3.28. The summed E-state index contributed by atoms with van der Waals surface area (Å²) in [5.41, 5.74) is 5.32. The van der Waals surface area contributed by atoms with Crippen LogP contribution in [0.2, 0.25) is 0 Å². The zero-order chi connectivity index (χ0) is 13.8. The van der Waals surface area contributed by atoms with E-state index in [0.29, 0.717) is 11.7 Å².